The van der Waals surface area contributed by atoms with Gasteiger partial charge in [0.2, 0.25) is 0 Å². The molecule has 1 atom stereocenters. The third kappa shape index (κ3) is 3.88. The second-order valence-electron chi connectivity index (χ2n) is 5.52. The van der Waals surface area contributed by atoms with Gasteiger partial charge in [-0.15, -0.1) is 0 Å². The van der Waals surface area contributed by atoms with Gasteiger partial charge in [-0.2, -0.15) is 0 Å². The molecule has 22 heavy (non-hydrogen) atoms. The van der Waals surface area contributed by atoms with Crippen molar-refractivity contribution in [1.29, 1.82) is 0 Å². The SMILES string of the molecule is CCc1cccc(OC(C)C(=O)Nc2c(C)cccc2C)c1. The second-order valence-corrected chi connectivity index (χ2v) is 5.52. The van der Waals surface area contributed by atoms with Crippen LogP contribution in [0.25, 0.3) is 0 Å². The Bertz CT molecular complexity index is 644. The van der Waals surface area contributed by atoms with E-state index in [4.69, 9.17) is 4.74 Å². The smallest absolute Gasteiger partial charge is 0.265 e. The summed E-state index contributed by atoms with van der Waals surface area (Å²) in [6.45, 7) is 7.83. The molecule has 0 fully saturated rings. The molecule has 0 aliphatic carbocycles. The summed E-state index contributed by atoms with van der Waals surface area (Å²) in [5, 5.41) is 2.96. The van der Waals surface area contributed by atoms with Crippen molar-refractivity contribution in [3.05, 3.63) is 59.2 Å². The van der Waals surface area contributed by atoms with Gasteiger partial charge in [0.05, 0.1) is 0 Å². The van der Waals surface area contributed by atoms with E-state index >= 15 is 0 Å². The molecule has 0 bridgehead atoms. The predicted octanol–water partition coefficient (Wildman–Crippen LogP) is 4.27. The number of ether oxygens (including phenoxy) is 1. The van der Waals surface area contributed by atoms with Gasteiger partial charge in [-0.3, -0.25) is 4.79 Å². The van der Waals surface area contributed by atoms with E-state index < -0.39 is 6.10 Å². The lowest BCUT2D eigenvalue weighted by molar-refractivity contribution is -0.122. The molecule has 0 saturated carbocycles. The fourth-order valence-electron chi connectivity index (χ4n) is 2.33. The van der Waals surface area contributed by atoms with Crippen molar-refractivity contribution in [3.63, 3.8) is 0 Å². The fourth-order valence-corrected chi connectivity index (χ4v) is 2.33. The summed E-state index contributed by atoms with van der Waals surface area (Å²) < 4.78 is 5.76. The van der Waals surface area contributed by atoms with Crippen LogP contribution in [0.1, 0.15) is 30.5 Å². The van der Waals surface area contributed by atoms with E-state index in [0.717, 1.165) is 29.0 Å². The molecule has 1 unspecified atom stereocenters. The number of hydrogen-bond acceptors (Lipinski definition) is 2. The predicted molar refractivity (Wildman–Crippen MR) is 90.5 cm³/mol. The normalized spacial score (nSPS) is 11.8. The highest BCUT2D eigenvalue weighted by atomic mass is 16.5. The Hall–Kier alpha value is -2.29. The summed E-state index contributed by atoms with van der Waals surface area (Å²) in [7, 11) is 0. The largest absolute Gasteiger partial charge is 0.481 e. The van der Waals surface area contributed by atoms with Crippen LogP contribution < -0.4 is 10.1 Å². The van der Waals surface area contributed by atoms with Crippen LogP contribution in [-0.2, 0) is 11.2 Å². The van der Waals surface area contributed by atoms with Crippen LogP contribution in [0.2, 0.25) is 0 Å². The number of carbonyl (C=O) groups excluding carboxylic acids is 1. The van der Waals surface area contributed by atoms with Crippen molar-refractivity contribution >= 4 is 11.6 Å². The number of para-hydroxylation sites is 1. The number of hydrogen-bond donors (Lipinski definition) is 1. The molecule has 0 aliphatic heterocycles. The number of aryl methyl sites for hydroxylation is 3. The minimum atomic E-state index is -0.550. The molecule has 2 aromatic carbocycles. The monoisotopic (exact) mass is 297 g/mol. The maximum absolute atomic E-state index is 12.3. The molecule has 3 heteroatoms. The summed E-state index contributed by atoms with van der Waals surface area (Å²) in [5.74, 6) is 0.586. The van der Waals surface area contributed by atoms with Crippen LogP contribution >= 0.6 is 0 Å². The molecule has 116 valence electrons. The first-order valence-corrected chi connectivity index (χ1v) is 7.64. The summed E-state index contributed by atoms with van der Waals surface area (Å²) >= 11 is 0. The Morgan fingerprint density at radius 2 is 1.77 bits per heavy atom. The van der Waals surface area contributed by atoms with Gasteiger partial charge in [0.15, 0.2) is 6.10 Å². The van der Waals surface area contributed by atoms with E-state index in [-0.39, 0.29) is 5.91 Å². The van der Waals surface area contributed by atoms with E-state index in [0.29, 0.717) is 0 Å². The van der Waals surface area contributed by atoms with Crippen LogP contribution in [0.5, 0.6) is 5.75 Å². The fraction of sp³-hybridized carbons (Fsp3) is 0.316. The minimum Gasteiger partial charge on any atom is -0.481 e. The van der Waals surface area contributed by atoms with Gasteiger partial charge < -0.3 is 10.1 Å². The van der Waals surface area contributed by atoms with Crippen LogP contribution in [-0.4, -0.2) is 12.0 Å². The first-order valence-electron chi connectivity index (χ1n) is 7.64. The van der Waals surface area contributed by atoms with Gasteiger partial charge in [-0.1, -0.05) is 37.3 Å². The van der Waals surface area contributed by atoms with Gasteiger partial charge >= 0.3 is 0 Å². The molecule has 0 radical (unpaired) electrons. The molecule has 0 aliphatic rings. The van der Waals surface area contributed by atoms with Crippen molar-refractivity contribution in [2.24, 2.45) is 0 Å². The number of amides is 1. The van der Waals surface area contributed by atoms with E-state index in [1.54, 1.807) is 6.92 Å². The second kappa shape index (κ2) is 7.12. The Morgan fingerprint density at radius 1 is 1.14 bits per heavy atom. The average Bonchev–Trinajstić information content (AvgIpc) is 2.51. The maximum atomic E-state index is 12.3. The standard InChI is InChI=1S/C19H23NO2/c1-5-16-10-7-11-17(12-16)22-15(4)19(21)20-18-13(2)8-6-9-14(18)3/h6-12,15H,5H2,1-4H3,(H,20,21). The molecule has 1 N–H and O–H groups in total. The van der Waals surface area contributed by atoms with E-state index in [9.17, 15) is 4.79 Å². The van der Waals surface area contributed by atoms with Crippen molar-refractivity contribution in [1.82, 2.24) is 0 Å². The molecule has 2 aromatic rings. The van der Waals surface area contributed by atoms with Crippen molar-refractivity contribution < 1.29 is 9.53 Å². The van der Waals surface area contributed by atoms with Crippen molar-refractivity contribution in [2.45, 2.75) is 40.2 Å². The Kier molecular flexibility index (Phi) is 5.21. The summed E-state index contributed by atoms with van der Waals surface area (Å²) in [4.78, 5) is 12.3. The molecule has 3 nitrogen and oxygen atoms in total. The zero-order chi connectivity index (χ0) is 16.1. The third-order valence-corrected chi connectivity index (χ3v) is 3.72. The summed E-state index contributed by atoms with van der Waals surface area (Å²) in [6.07, 6.45) is 0.395. The Labute approximate surface area is 132 Å². The number of benzene rings is 2. The topological polar surface area (TPSA) is 38.3 Å². The molecule has 2 rings (SSSR count). The van der Waals surface area contributed by atoms with Crippen LogP contribution in [0, 0.1) is 13.8 Å². The molecule has 0 heterocycles. The van der Waals surface area contributed by atoms with Gasteiger partial charge in [0, 0.05) is 5.69 Å². The highest BCUT2D eigenvalue weighted by Gasteiger charge is 2.16. The summed E-state index contributed by atoms with van der Waals surface area (Å²) in [5.41, 5.74) is 4.16. The highest BCUT2D eigenvalue weighted by Crippen LogP contribution is 2.20. The molecule has 1 amide bonds. The zero-order valence-corrected chi connectivity index (χ0v) is 13.6. The van der Waals surface area contributed by atoms with Crippen LogP contribution in [0.15, 0.2) is 42.5 Å². The lowest BCUT2D eigenvalue weighted by atomic mass is 10.1. The van der Waals surface area contributed by atoms with E-state index in [1.807, 2.05) is 56.3 Å². The zero-order valence-electron chi connectivity index (χ0n) is 13.6. The minimum absolute atomic E-state index is 0.140. The van der Waals surface area contributed by atoms with Crippen molar-refractivity contribution in [3.8, 4) is 5.75 Å². The molecular weight excluding hydrogens is 274 g/mol. The van der Waals surface area contributed by atoms with Gasteiger partial charge in [0.1, 0.15) is 5.75 Å². The number of rotatable bonds is 5. The molecule has 0 saturated heterocycles. The highest BCUT2D eigenvalue weighted by molar-refractivity contribution is 5.95. The van der Waals surface area contributed by atoms with Gasteiger partial charge in [0.25, 0.3) is 5.91 Å². The summed E-state index contributed by atoms with van der Waals surface area (Å²) in [6, 6.07) is 13.8. The van der Waals surface area contributed by atoms with Crippen LogP contribution in [0.4, 0.5) is 5.69 Å². The molecule has 0 spiro atoms. The lowest BCUT2D eigenvalue weighted by Crippen LogP contribution is -2.30. The Balaban J connectivity index is 2.06. The van der Waals surface area contributed by atoms with E-state index in [1.165, 1.54) is 5.56 Å². The Morgan fingerprint density at radius 3 is 2.41 bits per heavy atom. The first-order chi connectivity index (χ1) is 10.5. The third-order valence-electron chi connectivity index (χ3n) is 3.72. The average molecular weight is 297 g/mol. The van der Waals surface area contributed by atoms with Gasteiger partial charge in [-0.05, 0) is 56.0 Å². The maximum Gasteiger partial charge on any atom is 0.265 e. The van der Waals surface area contributed by atoms with Crippen LogP contribution in [0.3, 0.4) is 0 Å². The lowest BCUT2D eigenvalue weighted by Gasteiger charge is -2.17. The number of carbonyl (C=O) groups is 1. The number of nitrogens with one attached hydrogen (secondary N) is 1. The quantitative estimate of drug-likeness (QED) is 0.895. The molecule has 0 aromatic heterocycles. The molecular formula is C19H23NO2. The van der Waals surface area contributed by atoms with E-state index in [2.05, 4.69) is 12.2 Å². The first kappa shape index (κ1) is 16.1. The van der Waals surface area contributed by atoms with Crippen molar-refractivity contribution in [2.75, 3.05) is 5.32 Å². The number of anilines is 1. The van der Waals surface area contributed by atoms with Gasteiger partial charge in [-0.25, -0.2) is 0 Å².